The van der Waals surface area contributed by atoms with Crippen LogP contribution in [0.1, 0.15) is 145 Å². The number of methoxy groups -OCH3 is 1. The summed E-state index contributed by atoms with van der Waals surface area (Å²) in [6.07, 6.45) is -4.48. The number of fused-ring (bicyclic) bond motifs is 7. The Kier molecular flexibility index (Phi) is 20.0. The molecule has 2 saturated heterocycles. The number of ether oxygens (including phenoxy) is 2. The standard InChI is InChI=1S/C62H90N13O15P/c1-29-20-39-38(22-40(29)87-11)70-28-75(39)57-52(84)53(41(27-76)88-57)90-91(85,86)89-30(2)26-69-49(83)18-19-59(7)36(21-46(66)80)56-62(10)61(9,25-48(68)82)35(14-17-45(65)79)51(74-62)32(4)55-60(8,24-47(67)81)33(12-15-43(63)77)37(71-55)23-42-58(5,6)34(13-16-44(64)78)50(72-42)31(3)54(59)73-56/h20,22-23,28,30,33-36,41,52-53,56-57,71,76,84H,12-19,21,24-27H2,1-11H3,(H2,63,77)(H2,64,78)(H2,65,79)(H2,66,80)(H2,67,81)(H2,68,82)(H,69,83)(H,85,86)/b37-23?,50-31?,55-32-/t30-,33-,34-,35-,36+,41-,52-,53-,56-,57+,59-,60+,61+,62+/m1/s1. The summed E-state index contributed by atoms with van der Waals surface area (Å²) in [6, 6.07) is 2.43. The number of nitrogens with zero attached hydrogens (tertiary/aromatic N) is 5. The van der Waals surface area contributed by atoms with Crippen LogP contribution in [0.25, 0.3) is 11.0 Å². The van der Waals surface area contributed by atoms with E-state index in [1.54, 1.807) is 12.1 Å². The van der Waals surface area contributed by atoms with Crippen LogP contribution in [0.3, 0.4) is 0 Å². The van der Waals surface area contributed by atoms with Crippen LogP contribution in [0.15, 0.2) is 67.8 Å². The molecule has 0 saturated carbocycles. The number of phosphoric ester groups is 1. The fourth-order valence-corrected chi connectivity index (χ4v) is 16.7. The molecule has 8 bridgehead atoms. The maximum Gasteiger partial charge on any atom is 0.472 e. The molecular weight excluding hydrogens is 1200 g/mol. The van der Waals surface area contributed by atoms with Crippen LogP contribution < -0.4 is 49.8 Å². The highest BCUT2D eigenvalue weighted by atomic mass is 31.2. The molecule has 1 unspecified atom stereocenters. The summed E-state index contributed by atoms with van der Waals surface area (Å²) in [6.45, 7) is 17.2. The quantitative estimate of drug-likeness (QED) is 0.0573. The van der Waals surface area contributed by atoms with E-state index < -0.39 is 143 Å². The number of rotatable bonds is 27. The molecule has 91 heavy (non-hydrogen) atoms. The van der Waals surface area contributed by atoms with E-state index in [1.807, 2.05) is 68.4 Å². The molecule has 2 fully saturated rings. The van der Waals surface area contributed by atoms with Gasteiger partial charge in [-0.05, 0) is 89.2 Å². The number of carbonyl (C=O) groups excluding carboxylic acids is 7. The first kappa shape index (κ1) is 69.7. The van der Waals surface area contributed by atoms with Gasteiger partial charge in [0.25, 0.3) is 0 Å². The summed E-state index contributed by atoms with van der Waals surface area (Å²) in [5.41, 5.74) is 36.0. The molecule has 0 aliphatic carbocycles. The number of phosphoric acid groups is 1. The summed E-state index contributed by atoms with van der Waals surface area (Å²) in [5.74, 6) is -6.64. The molecule has 2 aromatic rings. The fourth-order valence-electron chi connectivity index (χ4n) is 15.5. The Morgan fingerprint density at radius 2 is 1.44 bits per heavy atom. The van der Waals surface area contributed by atoms with Crippen molar-refractivity contribution in [2.75, 3.05) is 20.3 Å². The highest BCUT2D eigenvalue weighted by molar-refractivity contribution is 7.47. The van der Waals surface area contributed by atoms with Gasteiger partial charge in [-0.15, -0.1) is 0 Å². The number of allylic oxidation sites excluding steroid dienone is 6. The first-order chi connectivity index (χ1) is 42.4. The molecular formula is C62H90N13O15P. The average molecular weight is 1290 g/mol. The van der Waals surface area contributed by atoms with Crippen LogP contribution in [0.2, 0.25) is 0 Å². The van der Waals surface area contributed by atoms with Crippen LogP contribution in [-0.2, 0) is 51.9 Å². The van der Waals surface area contributed by atoms with Crippen molar-refractivity contribution >= 4 is 77.3 Å². The van der Waals surface area contributed by atoms with Crippen molar-refractivity contribution in [3.63, 3.8) is 0 Å². The molecule has 17 N–H and O–H groups in total. The molecule has 1 aromatic heterocycles. The van der Waals surface area contributed by atoms with E-state index in [2.05, 4.69) is 15.6 Å². The normalized spacial score (nSPS) is 32.6. The molecule has 29 heteroatoms. The molecule has 0 spiro atoms. The second-order valence-electron chi connectivity index (χ2n) is 27.0. The third kappa shape index (κ3) is 13.3. The third-order valence-corrected chi connectivity index (χ3v) is 21.6. The lowest BCUT2D eigenvalue weighted by atomic mass is 9.55. The number of nitrogens with one attached hydrogen (secondary N) is 2. The van der Waals surface area contributed by atoms with Gasteiger partial charge in [0, 0.05) is 137 Å². The van der Waals surface area contributed by atoms with E-state index in [0.29, 0.717) is 62.2 Å². The minimum absolute atomic E-state index is 0.0174. The van der Waals surface area contributed by atoms with Crippen molar-refractivity contribution in [2.45, 2.75) is 182 Å². The Balaban J connectivity index is 1.19. The number of amides is 7. The number of hydrogen-bond acceptors (Lipinski definition) is 19. The highest BCUT2D eigenvalue weighted by Gasteiger charge is 2.66. The van der Waals surface area contributed by atoms with E-state index in [-0.39, 0.29) is 77.2 Å². The topological polar surface area (TPSA) is 469 Å². The summed E-state index contributed by atoms with van der Waals surface area (Å²) in [7, 11) is -3.57. The van der Waals surface area contributed by atoms with E-state index >= 15 is 0 Å². The largest absolute Gasteiger partial charge is 0.496 e. The van der Waals surface area contributed by atoms with Gasteiger partial charge in [-0.3, -0.25) is 57.6 Å². The lowest BCUT2D eigenvalue weighted by molar-refractivity contribution is -0.124. The monoisotopic (exact) mass is 1290 g/mol. The minimum atomic E-state index is -5.09. The third-order valence-electron chi connectivity index (χ3n) is 20.5. The zero-order chi connectivity index (χ0) is 67.4. The summed E-state index contributed by atoms with van der Waals surface area (Å²) in [4.78, 5) is 126. The van der Waals surface area contributed by atoms with E-state index in [4.69, 9.17) is 67.9 Å². The fraction of sp³-hybridized carbons (Fsp3) is 0.629. The molecule has 498 valence electrons. The van der Waals surface area contributed by atoms with Gasteiger partial charge >= 0.3 is 7.82 Å². The van der Waals surface area contributed by atoms with Crippen LogP contribution in [0, 0.1) is 52.3 Å². The Bertz CT molecular complexity index is 3560. The van der Waals surface area contributed by atoms with Crippen molar-refractivity contribution in [2.24, 2.45) is 94.7 Å². The van der Waals surface area contributed by atoms with Gasteiger partial charge in [0.1, 0.15) is 24.1 Å². The molecule has 7 heterocycles. The number of imidazole rings is 1. The van der Waals surface area contributed by atoms with Crippen LogP contribution in [0.5, 0.6) is 5.75 Å². The van der Waals surface area contributed by atoms with Gasteiger partial charge in [0.15, 0.2) is 6.23 Å². The number of benzene rings is 1. The maximum absolute atomic E-state index is 14.4. The number of aliphatic hydroxyl groups is 2. The SMILES string of the molecule is COc1cc2ncn([C@H]3O[C@H](CO)[C@@H](OP(=O)(O)O[C@H](C)CNC(=O)CC[C@@]4(C)C5=N[C@H]([C@@H]4CC(N)=O)[C@]4(C)N=C(/C(C)=C6\NC(=CC7=NC(=C5C)[C@@H](CCC(N)=O)C7(C)C)[C@@H](CCC(N)=O)[C@]6(C)CC(N)=O)[C@@H](CCC(N)=O)[C@]4(C)CC(N)=O)[C@H]3O)c2cc1C. The molecule has 15 atom stereocenters. The lowest BCUT2D eigenvalue weighted by Crippen LogP contribution is -2.56. The van der Waals surface area contributed by atoms with Gasteiger partial charge in [-0.1, -0.05) is 34.6 Å². The summed E-state index contributed by atoms with van der Waals surface area (Å²) in [5, 5.41) is 28.2. The number of primary amides is 6. The Labute approximate surface area is 528 Å². The minimum Gasteiger partial charge on any atom is -0.496 e. The Morgan fingerprint density at radius 1 is 0.824 bits per heavy atom. The van der Waals surface area contributed by atoms with Gasteiger partial charge < -0.3 is 74.2 Å². The number of aryl methyl sites for hydroxylation is 1. The van der Waals surface area contributed by atoms with Crippen molar-refractivity contribution in [1.29, 1.82) is 0 Å². The van der Waals surface area contributed by atoms with E-state index in [1.165, 1.54) is 24.9 Å². The molecule has 6 aliphatic rings. The van der Waals surface area contributed by atoms with Crippen molar-refractivity contribution in [1.82, 2.24) is 20.2 Å². The smallest absolute Gasteiger partial charge is 0.472 e. The molecule has 28 nitrogen and oxygen atoms in total. The van der Waals surface area contributed by atoms with Crippen molar-refractivity contribution in [3.8, 4) is 5.75 Å². The maximum atomic E-state index is 14.4. The second kappa shape index (κ2) is 26.1. The Hall–Kier alpha value is -7.20. The zero-order valence-corrected chi connectivity index (χ0v) is 54.6. The zero-order valence-electron chi connectivity index (χ0n) is 53.7. The number of carbonyl (C=O) groups is 7. The summed E-state index contributed by atoms with van der Waals surface area (Å²) < 4.78 is 37.7. The van der Waals surface area contributed by atoms with E-state index in [9.17, 15) is 53.2 Å². The van der Waals surface area contributed by atoms with Gasteiger partial charge in [-0.25, -0.2) is 9.55 Å². The first-order valence-electron chi connectivity index (χ1n) is 30.7. The molecule has 6 aliphatic heterocycles. The number of aliphatic imine (C=N–C) groups is 3. The van der Waals surface area contributed by atoms with Gasteiger partial charge in [0.2, 0.25) is 41.4 Å². The number of nitrogens with two attached hydrogens (primary N) is 6. The molecule has 1 aromatic carbocycles. The number of aromatic nitrogens is 2. The second-order valence-corrected chi connectivity index (χ2v) is 28.3. The lowest BCUT2D eigenvalue weighted by Gasteiger charge is -2.48. The Morgan fingerprint density at radius 3 is 2.02 bits per heavy atom. The van der Waals surface area contributed by atoms with Crippen molar-refractivity contribution in [3.05, 3.63) is 58.3 Å². The summed E-state index contributed by atoms with van der Waals surface area (Å²) >= 11 is 0. The molecule has 8 rings (SSSR count). The number of aliphatic hydroxyl groups excluding tert-OH is 2. The van der Waals surface area contributed by atoms with E-state index in [0.717, 1.165) is 5.56 Å². The van der Waals surface area contributed by atoms with Gasteiger partial charge in [0.05, 0.1) is 48.8 Å². The van der Waals surface area contributed by atoms with Crippen molar-refractivity contribution < 1.29 is 71.8 Å². The molecule has 7 amide bonds. The van der Waals surface area contributed by atoms with Crippen LogP contribution >= 0.6 is 7.82 Å². The van der Waals surface area contributed by atoms with Crippen LogP contribution in [-0.4, -0.2) is 139 Å². The molecule has 0 radical (unpaired) electrons. The van der Waals surface area contributed by atoms with Gasteiger partial charge in [-0.2, -0.15) is 0 Å². The first-order valence-corrected chi connectivity index (χ1v) is 32.2. The predicted molar refractivity (Wildman–Crippen MR) is 335 cm³/mol. The highest BCUT2D eigenvalue weighted by Crippen LogP contribution is 2.63. The predicted octanol–water partition coefficient (Wildman–Crippen LogP) is 2.86. The average Bonchev–Trinajstić information content (AvgIpc) is 1.54. The number of hydrogen-bond donors (Lipinski definition) is 11. The van der Waals surface area contributed by atoms with Crippen LogP contribution in [0.4, 0.5) is 0 Å².